The van der Waals surface area contributed by atoms with Crippen LogP contribution >= 0.6 is 0 Å². The van der Waals surface area contributed by atoms with Crippen molar-refractivity contribution in [2.24, 2.45) is 11.7 Å². The summed E-state index contributed by atoms with van der Waals surface area (Å²) in [6, 6.07) is 0.339. The van der Waals surface area contributed by atoms with Gasteiger partial charge < -0.3 is 5.73 Å². The summed E-state index contributed by atoms with van der Waals surface area (Å²) in [5.41, 5.74) is 7.64. The molecule has 82 valence electrons. The predicted molar refractivity (Wildman–Crippen MR) is 62.2 cm³/mol. The maximum absolute atomic E-state index is 6.14. The molecule has 0 aromatic heterocycles. The van der Waals surface area contributed by atoms with Gasteiger partial charge in [0.05, 0.1) is 0 Å². The molecule has 0 spiro atoms. The lowest BCUT2D eigenvalue weighted by atomic mass is 9.99. The van der Waals surface area contributed by atoms with E-state index < -0.39 is 0 Å². The molecule has 0 aromatic rings. The molecule has 1 aliphatic heterocycles. The summed E-state index contributed by atoms with van der Waals surface area (Å²) < 4.78 is 0. The third-order valence-corrected chi connectivity index (χ3v) is 3.26. The van der Waals surface area contributed by atoms with E-state index in [9.17, 15) is 0 Å². The third-order valence-electron chi connectivity index (χ3n) is 3.26. The van der Waals surface area contributed by atoms with Crippen LogP contribution in [0.3, 0.4) is 0 Å². The lowest BCUT2D eigenvalue weighted by Gasteiger charge is -2.30. The van der Waals surface area contributed by atoms with Crippen molar-refractivity contribution < 1.29 is 0 Å². The fourth-order valence-corrected chi connectivity index (χ4v) is 1.93. The van der Waals surface area contributed by atoms with Crippen LogP contribution in [0.25, 0.3) is 0 Å². The third kappa shape index (κ3) is 3.43. The first-order valence-corrected chi connectivity index (χ1v) is 5.77. The highest BCUT2D eigenvalue weighted by Crippen LogP contribution is 2.12. The Morgan fingerprint density at radius 3 is 2.86 bits per heavy atom. The minimum atomic E-state index is 0.339. The van der Waals surface area contributed by atoms with Crippen LogP contribution < -0.4 is 5.73 Å². The van der Waals surface area contributed by atoms with E-state index in [1.165, 1.54) is 25.0 Å². The fraction of sp³-hybridized carbons (Fsp3) is 0.833. The number of rotatable bonds is 4. The van der Waals surface area contributed by atoms with E-state index in [2.05, 4.69) is 31.7 Å². The second-order valence-electron chi connectivity index (χ2n) is 4.62. The molecule has 0 saturated heterocycles. The number of hydrogen-bond donors (Lipinski definition) is 1. The van der Waals surface area contributed by atoms with Crippen molar-refractivity contribution in [2.45, 2.75) is 39.7 Å². The molecule has 0 radical (unpaired) electrons. The molecule has 2 atom stereocenters. The second-order valence-corrected chi connectivity index (χ2v) is 4.62. The normalized spacial score (nSPS) is 23.0. The molecule has 2 nitrogen and oxygen atoms in total. The van der Waals surface area contributed by atoms with Crippen LogP contribution in [0.15, 0.2) is 11.6 Å². The van der Waals surface area contributed by atoms with Gasteiger partial charge >= 0.3 is 0 Å². The predicted octanol–water partition coefficient (Wildman–Crippen LogP) is 2.01. The molecule has 0 bridgehead atoms. The smallest absolute Gasteiger partial charge is 0.0193 e. The largest absolute Gasteiger partial charge is 0.326 e. The molecule has 1 rings (SSSR count). The lowest BCUT2D eigenvalue weighted by molar-refractivity contribution is 0.243. The molecular formula is C12H24N2. The first kappa shape index (κ1) is 11.7. The number of nitrogens with zero attached hydrogens (tertiary/aromatic N) is 1. The summed E-state index contributed by atoms with van der Waals surface area (Å²) in [5.74, 6) is 0.640. The topological polar surface area (TPSA) is 29.3 Å². The highest BCUT2D eigenvalue weighted by molar-refractivity contribution is 5.04. The van der Waals surface area contributed by atoms with Gasteiger partial charge in [0.15, 0.2) is 0 Å². The van der Waals surface area contributed by atoms with Crippen molar-refractivity contribution >= 4 is 0 Å². The Hall–Kier alpha value is -0.340. The summed E-state index contributed by atoms with van der Waals surface area (Å²) in [4.78, 5) is 2.48. The zero-order chi connectivity index (χ0) is 10.6. The monoisotopic (exact) mass is 196 g/mol. The van der Waals surface area contributed by atoms with E-state index in [0.717, 1.165) is 13.1 Å². The van der Waals surface area contributed by atoms with Crippen molar-refractivity contribution in [1.82, 2.24) is 4.90 Å². The van der Waals surface area contributed by atoms with E-state index in [0.29, 0.717) is 12.0 Å². The molecule has 0 saturated carbocycles. The number of hydrogen-bond acceptors (Lipinski definition) is 2. The molecule has 0 fully saturated rings. The fourth-order valence-electron chi connectivity index (χ4n) is 1.93. The van der Waals surface area contributed by atoms with Crippen LogP contribution in [-0.4, -0.2) is 30.6 Å². The van der Waals surface area contributed by atoms with Gasteiger partial charge in [-0.1, -0.05) is 31.9 Å². The van der Waals surface area contributed by atoms with Gasteiger partial charge in [-0.3, -0.25) is 4.90 Å². The van der Waals surface area contributed by atoms with E-state index >= 15 is 0 Å². The van der Waals surface area contributed by atoms with Gasteiger partial charge in [0.1, 0.15) is 0 Å². The van der Waals surface area contributed by atoms with Crippen LogP contribution in [0, 0.1) is 5.92 Å². The molecule has 1 aliphatic rings. The summed E-state index contributed by atoms with van der Waals surface area (Å²) in [5, 5.41) is 0. The maximum Gasteiger partial charge on any atom is 0.0193 e. The summed E-state index contributed by atoms with van der Waals surface area (Å²) in [7, 11) is 0. The Balaban J connectivity index is 2.34. The molecule has 0 amide bonds. The van der Waals surface area contributed by atoms with Crippen LogP contribution in [-0.2, 0) is 0 Å². The van der Waals surface area contributed by atoms with Crippen molar-refractivity contribution in [3.63, 3.8) is 0 Å². The number of nitrogens with two attached hydrogens (primary N) is 1. The highest BCUT2D eigenvalue weighted by Gasteiger charge is 2.16. The molecule has 14 heavy (non-hydrogen) atoms. The van der Waals surface area contributed by atoms with Crippen molar-refractivity contribution in [3.05, 3.63) is 11.6 Å². The second kappa shape index (κ2) is 5.52. The molecule has 0 aromatic carbocycles. The van der Waals surface area contributed by atoms with Gasteiger partial charge in [-0.2, -0.15) is 0 Å². The van der Waals surface area contributed by atoms with Crippen LogP contribution in [0.1, 0.15) is 33.6 Å². The van der Waals surface area contributed by atoms with Crippen LogP contribution in [0.4, 0.5) is 0 Å². The summed E-state index contributed by atoms with van der Waals surface area (Å²) in [6.45, 7) is 10.0. The minimum absolute atomic E-state index is 0.339. The average molecular weight is 196 g/mol. The van der Waals surface area contributed by atoms with Crippen molar-refractivity contribution in [2.75, 3.05) is 19.6 Å². The van der Waals surface area contributed by atoms with E-state index in [1.54, 1.807) is 0 Å². The zero-order valence-corrected chi connectivity index (χ0v) is 9.79. The lowest BCUT2D eigenvalue weighted by Crippen LogP contribution is -2.43. The van der Waals surface area contributed by atoms with Crippen LogP contribution in [0.2, 0.25) is 0 Å². The van der Waals surface area contributed by atoms with Crippen LogP contribution in [0.5, 0.6) is 0 Å². The Morgan fingerprint density at radius 1 is 1.57 bits per heavy atom. The van der Waals surface area contributed by atoms with Crippen molar-refractivity contribution in [3.8, 4) is 0 Å². The van der Waals surface area contributed by atoms with E-state index in [-0.39, 0.29) is 0 Å². The molecule has 0 aliphatic carbocycles. The first-order valence-electron chi connectivity index (χ1n) is 5.77. The Labute approximate surface area is 88.2 Å². The van der Waals surface area contributed by atoms with Crippen molar-refractivity contribution in [1.29, 1.82) is 0 Å². The van der Waals surface area contributed by atoms with E-state index in [4.69, 9.17) is 5.73 Å². The molecule has 1 heterocycles. The Kier molecular flexibility index (Phi) is 4.63. The molecule has 2 N–H and O–H groups in total. The minimum Gasteiger partial charge on any atom is -0.326 e. The summed E-state index contributed by atoms with van der Waals surface area (Å²) in [6.07, 6.45) is 4.72. The van der Waals surface area contributed by atoms with Gasteiger partial charge in [0, 0.05) is 25.7 Å². The standard InChI is InChI=1S/C12H24N2/c1-4-11(3)12(13)9-14-7-5-6-10(2)8-14/h6,11-12H,4-5,7-9,13H2,1-3H3. The molecule has 2 unspecified atom stereocenters. The Morgan fingerprint density at radius 2 is 2.29 bits per heavy atom. The van der Waals surface area contributed by atoms with Gasteiger partial charge in [-0.15, -0.1) is 0 Å². The molecule has 2 heteroatoms. The van der Waals surface area contributed by atoms with Gasteiger partial charge in [-0.05, 0) is 19.3 Å². The maximum atomic E-state index is 6.14. The highest BCUT2D eigenvalue weighted by atomic mass is 15.1. The zero-order valence-electron chi connectivity index (χ0n) is 9.79. The molecular weight excluding hydrogens is 172 g/mol. The van der Waals surface area contributed by atoms with Gasteiger partial charge in [-0.25, -0.2) is 0 Å². The Bertz CT molecular complexity index is 198. The SMILES string of the molecule is CCC(C)C(N)CN1CCC=C(C)C1. The van der Waals surface area contributed by atoms with E-state index in [1.807, 2.05) is 0 Å². The average Bonchev–Trinajstić information content (AvgIpc) is 2.16. The quantitative estimate of drug-likeness (QED) is 0.697. The van der Waals surface area contributed by atoms with Gasteiger partial charge in [0.2, 0.25) is 0 Å². The summed E-state index contributed by atoms with van der Waals surface area (Å²) >= 11 is 0. The van der Waals surface area contributed by atoms with Gasteiger partial charge in [0.25, 0.3) is 0 Å². The first-order chi connectivity index (χ1) is 6.63.